The van der Waals surface area contributed by atoms with Crippen LogP contribution in [0.2, 0.25) is 5.02 Å². The highest BCUT2D eigenvalue weighted by Gasteiger charge is 2.35. The first-order chi connectivity index (χ1) is 21.5. The molecule has 2 unspecified atom stereocenters. The standard InChI is InChI=1S/C31H24ClF4N7O2/c1-17-4-2-7-26(24-12-18(10-11-37-24)29-21(33)5-3-6-22(29)39-30(17)45)42-16-38-23(14-28(42)44)20-13-19(32)8-9-25(20)43-15-27(40-41-43)31(34,35)36/h3,5-6,8-17,26H,2,4,7H2,1H3,(H,39,45). The molecule has 1 aliphatic heterocycles. The van der Waals surface area contributed by atoms with Crippen molar-refractivity contribution in [2.45, 2.75) is 38.4 Å². The number of rotatable bonds is 3. The van der Waals surface area contributed by atoms with Crippen LogP contribution < -0.4 is 10.9 Å². The Morgan fingerprint density at radius 3 is 2.60 bits per heavy atom. The molecule has 14 heteroatoms. The Balaban J connectivity index is 1.43. The van der Waals surface area contributed by atoms with Crippen LogP contribution in [0.4, 0.5) is 23.2 Å². The normalized spacial score (nSPS) is 17.2. The number of anilines is 1. The smallest absolute Gasteiger partial charge is 0.325 e. The van der Waals surface area contributed by atoms with Crippen LogP contribution in [-0.4, -0.2) is 35.4 Å². The zero-order valence-electron chi connectivity index (χ0n) is 23.6. The predicted molar refractivity (Wildman–Crippen MR) is 158 cm³/mol. The van der Waals surface area contributed by atoms with Crippen molar-refractivity contribution in [3.8, 4) is 28.1 Å². The lowest BCUT2D eigenvalue weighted by Crippen LogP contribution is -2.27. The highest BCUT2D eigenvalue weighted by Crippen LogP contribution is 2.35. The van der Waals surface area contributed by atoms with Crippen molar-refractivity contribution in [3.63, 3.8) is 0 Å². The Bertz CT molecular complexity index is 1970. The Morgan fingerprint density at radius 2 is 1.84 bits per heavy atom. The SMILES string of the molecule is CC1CCCC(n2cnc(-c3cc(Cl)ccc3-n3cc(C(F)(F)F)nn3)cc2=O)c2cc(ccn2)-c2c(F)cccc2NC1=O. The first-order valence-electron chi connectivity index (χ1n) is 13.9. The number of alkyl halides is 3. The van der Waals surface area contributed by atoms with Crippen LogP contribution in [0.5, 0.6) is 0 Å². The molecule has 1 aliphatic rings. The van der Waals surface area contributed by atoms with E-state index in [1.54, 1.807) is 25.1 Å². The molecule has 3 aromatic heterocycles. The lowest BCUT2D eigenvalue weighted by molar-refractivity contribution is -0.141. The number of aromatic nitrogens is 6. The van der Waals surface area contributed by atoms with Gasteiger partial charge in [0.1, 0.15) is 5.82 Å². The highest BCUT2D eigenvalue weighted by molar-refractivity contribution is 6.31. The minimum absolute atomic E-state index is 0.147. The van der Waals surface area contributed by atoms with Gasteiger partial charge in [-0.1, -0.05) is 36.2 Å². The summed E-state index contributed by atoms with van der Waals surface area (Å²) in [4.78, 5) is 35.6. The minimum atomic E-state index is -4.70. The largest absolute Gasteiger partial charge is 0.436 e. The molecule has 230 valence electrons. The fraction of sp³-hybridized carbons (Fsp3) is 0.226. The molecular weight excluding hydrogens is 614 g/mol. The van der Waals surface area contributed by atoms with Crippen molar-refractivity contribution in [3.05, 3.63) is 106 Å². The van der Waals surface area contributed by atoms with Crippen LogP contribution in [0.15, 0.2) is 78.1 Å². The van der Waals surface area contributed by atoms with Crippen LogP contribution in [0.25, 0.3) is 28.1 Å². The maximum Gasteiger partial charge on any atom is 0.436 e. The second-order valence-electron chi connectivity index (χ2n) is 10.7. The highest BCUT2D eigenvalue weighted by atomic mass is 35.5. The third kappa shape index (κ3) is 6.07. The molecule has 2 bridgehead atoms. The van der Waals surface area contributed by atoms with Gasteiger partial charge in [0.15, 0.2) is 5.69 Å². The molecule has 2 aromatic carbocycles. The van der Waals surface area contributed by atoms with Crippen LogP contribution in [-0.2, 0) is 11.0 Å². The summed E-state index contributed by atoms with van der Waals surface area (Å²) in [7, 11) is 0. The quantitative estimate of drug-likeness (QED) is 0.220. The number of nitrogens with zero attached hydrogens (tertiary/aromatic N) is 6. The molecule has 6 rings (SSSR count). The number of carbonyl (C=O) groups excluding carboxylic acids is 1. The summed E-state index contributed by atoms with van der Waals surface area (Å²) in [6.45, 7) is 1.78. The van der Waals surface area contributed by atoms with Crippen LogP contribution in [0.3, 0.4) is 0 Å². The number of pyridine rings is 1. The number of carbonyl (C=O) groups is 1. The van der Waals surface area contributed by atoms with E-state index in [4.69, 9.17) is 11.6 Å². The molecule has 0 saturated carbocycles. The minimum Gasteiger partial charge on any atom is -0.325 e. The van der Waals surface area contributed by atoms with Gasteiger partial charge in [-0.2, -0.15) is 13.2 Å². The molecule has 45 heavy (non-hydrogen) atoms. The summed E-state index contributed by atoms with van der Waals surface area (Å²) in [5.74, 6) is -1.16. The third-order valence-electron chi connectivity index (χ3n) is 7.68. The molecule has 0 aliphatic carbocycles. The van der Waals surface area contributed by atoms with Crippen molar-refractivity contribution < 1.29 is 22.4 Å². The van der Waals surface area contributed by atoms with Crippen LogP contribution in [0, 0.1) is 11.7 Å². The average Bonchev–Trinajstić information content (AvgIpc) is 3.50. The number of benzene rings is 2. The number of nitrogens with one attached hydrogen (secondary N) is 1. The first kappa shape index (κ1) is 30.1. The molecule has 4 heterocycles. The molecule has 0 fully saturated rings. The van der Waals surface area contributed by atoms with Crippen LogP contribution >= 0.6 is 11.6 Å². The van der Waals surface area contributed by atoms with Gasteiger partial charge in [-0.15, -0.1) is 5.10 Å². The van der Waals surface area contributed by atoms with Crippen molar-refractivity contribution >= 4 is 23.2 Å². The molecule has 0 spiro atoms. The molecule has 0 radical (unpaired) electrons. The second kappa shape index (κ2) is 11.9. The Kier molecular flexibility index (Phi) is 7.96. The first-order valence-corrected chi connectivity index (χ1v) is 14.3. The molecule has 0 saturated heterocycles. The van der Waals surface area contributed by atoms with E-state index in [-0.39, 0.29) is 39.4 Å². The van der Waals surface area contributed by atoms with Crippen molar-refractivity contribution in [2.24, 2.45) is 5.92 Å². The van der Waals surface area contributed by atoms with E-state index < -0.39 is 29.3 Å². The van der Waals surface area contributed by atoms with Gasteiger partial charge in [0.05, 0.1) is 41.3 Å². The second-order valence-corrected chi connectivity index (χ2v) is 11.1. The van der Waals surface area contributed by atoms with E-state index in [1.165, 1.54) is 53.5 Å². The fourth-order valence-corrected chi connectivity index (χ4v) is 5.53. The number of amides is 1. The maximum atomic E-state index is 15.1. The van der Waals surface area contributed by atoms with E-state index >= 15 is 4.39 Å². The molecular formula is C31H24ClF4N7O2. The van der Waals surface area contributed by atoms with Gasteiger partial charge in [-0.05, 0) is 60.9 Å². The molecule has 9 nitrogen and oxygen atoms in total. The van der Waals surface area contributed by atoms with E-state index in [1.807, 2.05) is 0 Å². The van der Waals surface area contributed by atoms with Gasteiger partial charge in [0, 0.05) is 34.3 Å². The lowest BCUT2D eigenvalue weighted by Gasteiger charge is -2.23. The zero-order chi connectivity index (χ0) is 31.9. The van der Waals surface area contributed by atoms with Gasteiger partial charge < -0.3 is 5.32 Å². The molecule has 1 N–H and O–H groups in total. The summed E-state index contributed by atoms with van der Waals surface area (Å²) < 4.78 is 57.1. The van der Waals surface area contributed by atoms with Gasteiger partial charge in [-0.25, -0.2) is 14.1 Å². The molecule has 5 aromatic rings. The van der Waals surface area contributed by atoms with Gasteiger partial charge in [0.2, 0.25) is 5.91 Å². The average molecular weight is 638 g/mol. The van der Waals surface area contributed by atoms with Gasteiger partial charge in [0.25, 0.3) is 5.56 Å². The predicted octanol–water partition coefficient (Wildman–Crippen LogP) is 6.71. The van der Waals surface area contributed by atoms with Gasteiger partial charge in [-0.3, -0.25) is 19.1 Å². The third-order valence-corrected chi connectivity index (χ3v) is 7.92. The van der Waals surface area contributed by atoms with Crippen molar-refractivity contribution in [1.82, 2.24) is 29.5 Å². The van der Waals surface area contributed by atoms with Crippen molar-refractivity contribution in [1.29, 1.82) is 0 Å². The van der Waals surface area contributed by atoms with Crippen molar-refractivity contribution in [2.75, 3.05) is 5.32 Å². The van der Waals surface area contributed by atoms with Gasteiger partial charge >= 0.3 is 6.18 Å². The Morgan fingerprint density at radius 1 is 1.02 bits per heavy atom. The summed E-state index contributed by atoms with van der Waals surface area (Å²) in [6, 6.07) is 12.8. The fourth-order valence-electron chi connectivity index (χ4n) is 5.36. The zero-order valence-corrected chi connectivity index (χ0v) is 24.3. The summed E-state index contributed by atoms with van der Waals surface area (Å²) in [5.41, 5.74) is 0.432. The topological polar surface area (TPSA) is 108 Å². The van der Waals surface area contributed by atoms with E-state index in [2.05, 4.69) is 25.6 Å². The Hall–Kier alpha value is -4.91. The maximum absolute atomic E-state index is 15.1. The summed E-state index contributed by atoms with van der Waals surface area (Å²) >= 11 is 6.22. The Labute approximate surface area is 258 Å². The van der Waals surface area contributed by atoms with Crippen LogP contribution in [0.1, 0.15) is 43.6 Å². The monoisotopic (exact) mass is 637 g/mol. The van der Waals surface area contributed by atoms with E-state index in [0.717, 1.165) is 10.9 Å². The lowest BCUT2D eigenvalue weighted by atomic mass is 9.95. The van der Waals surface area contributed by atoms with E-state index in [9.17, 15) is 22.8 Å². The number of hydrogen-bond donors (Lipinski definition) is 1. The number of fused-ring (bicyclic) bond motifs is 4. The summed E-state index contributed by atoms with van der Waals surface area (Å²) in [5, 5.41) is 9.93. The molecule has 1 amide bonds. The van der Waals surface area contributed by atoms with E-state index in [0.29, 0.717) is 36.2 Å². The molecule has 2 atom stereocenters. The number of hydrogen-bond acceptors (Lipinski definition) is 6. The summed E-state index contributed by atoms with van der Waals surface area (Å²) in [6.07, 6.45) is 0.361. The number of halogens is 5.